The molecule has 62 heavy (non-hydrogen) atoms. The third kappa shape index (κ3) is 5.17. The lowest BCUT2D eigenvalue weighted by Crippen LogP contribution is -1.95. The zero-order chi connectivity index (χ0) is 40.7. The van der Waals surface area contributed by atoms with Crippen LogP contribution in [-0.4, -0.2) is 9.97 Å². The SMILES string of the molecule is c1ccc2c(-c3c4ccccc4c(-c4cccc5ccccc45)c4cc(-c5ccc(-c6nc7ccccc7c7c6ccc6ccccc67)c6ncccc56)ccc34)cccc2c1. The van der Waals surface area contributed by atoms with Gasteiger partial charge in [0.25, 0.3) is 0 Å². The molecule has 0 aliphatic carbocycles. The second-order valence-corrected chi connectivity index (χ2v) is 16.4. The fourth-order valence-electron chi connectivity index (χ4n) is 10.4. The molecule has 2 aromatic heterocycles. The van der Waals surface area contributed by atoms with Crippen LogP contribution in [0.3, 0.4) is 0 Å². The van der Waals surface area contributed by atoms with E-state index >= 15 is 0 Å². The molecule has 0 aliphatic heterocycles. The lowest BCUT2D eigenvalue weighted by atomic mass is 9.82. The summed E-state index contributed by atoms with van der Waals surface area (Å²) in [6.07, 6.45) is 1.91. The summed E-state index contributed by atoms with van der Waals surface area (Å²) in [5.41, 5.74) is 11.1. The van der Waals surface area contributed by atoms with Crippen LogP contribution in [0.15, 0.2) is 219 Å². The molecule has 0 bridgehead atoms. The quantitative estimate of drug-likeness (QED) is 0.131. The largest absolute Gasteiger partial charge is 0.256 e. The van der Waals surface area contributed by atoms with Crippen LogP contribution in [0.2, 0.25) is 0 Å². The fourth-order valence-corrected chi connectivity index (χ4v) is 10.4. The molecule has 0 spiro atoms. The summed E-state index contributed by atoms with van der Waals surface area (Å²) < 4.78 is 0. The lowest BCUT2D eigenvalue weighted by Gasteiger charge is -2.21. The maximum Gasteiger partial charge on any atom is 0.0810 e. The molecule has 0 radical (unpaired) electrons. The van der Waals surface area contributed by atoms with Crippen molar-refractivity contribution in [2.45, 2.75) is 0 Å². The maximum atomic E-state index is 5.39. The van der Waals surface area contributed by atoms with Gasteiger partial charge in [0.1, 0.15) is 0 Å². The molecule has 0 fully saturated rings. The molecular weight excluding hydrogens is 749 g/mol. The highest BCUT2D eigenvalue weighted by molar-refractivity contribution is 6.27. The Balaban J connectivity index is 1.11. The lowest BCUT2D eigenvalue weighted by molar-refractivity contribution is 1.38. The monoisotopic (exact) mass is 784 g/mol. The standard InChI is InChI=1S/C60H36N2/c1-4-19-41-37(14-1)17-11-25-45(41)57-47-22-7-8-23-48(47)58(46-26-12-18-38-15-2-5-20-42(38)46)54-36-40(30-31-49(54)57)43-33-34-53(59-50(43)27-13-35-61-59)60-52-32-29-39-16-3-6-21-44(39)56(52)51-24-9-10-28-55(51)62-60/h1-36H. The Morgan fingerprint density at radius 2 is 0.806 bits per heavy atom. The first-order valence-corrected chi connectivity index (χ1v) is 21.3. The summed E-state index contributed by atoms with van der Waals surface area (Å²) in [5, 5.41) is 16.9. The van der Waals surface area contributed by atoms with Gasteiger partial charge in [-0.15, -0.1) is 0 Å². The molecule has 13 rings (SSSR count). The highest BCUT2D eigenvalue weighted by Gasteiger charge is 2.22. The minimum absolute atomic E-state index is 0.937. The van der Waals surface area contributed by atoms with Crippen LogP contribution in [0.1, 0.15) is 0 Å². The Kier molecular flexibility index (Phi) is 7.64. The second-order valence-electron chi connectivity index (χ2n) is 16.4. The van der Waals surface area contributed by atoms with Crippen LogP contribution in [0, 0.1) is 0 Å². The van der Waals surface area contributed by atoms with Gasteiger partial charge in [0.2, 0.25) is 0 Å². The molecule has 11 aromatic carbocycles. The number of pyridine rings is 2. The third-order valence-corrected chi connectivity index (χ3v) is 13.1. The number of para-hydroxylation sites is 1. The number of aromatic nitrogens is 2. The van der Waals surface area contributed by atoms with E-state index in [1.807, 2.05) is 6.20 Å². The minimum atomic E-state index is 0.937. The zero-order valence-corrected chi connectivity index (χ0v) is 33.7. The first kappa shape index (κ1) is 34.6. The van der Waals surface area contributed by atoms with E-state index in [2.05, 4.69) is 212 Å². The van der Waals surface area contributed by atoms with Crippen molar-refractivity contribution in [1.29, 1.82) is 0 Å². The van der Waals surface area contributed by atoms with Gasteiger partial charge in [-0.2, -0.15) is 0 Å². The molecule has 13 aromatic rings. The zero-order valence-electron chi connectivity index (χ0n) is 33.7. The summed E-state index contributed by atoms with van der Waals surface area (Å²) >= 11 is 0. The van der Waals surface area contributed by atoms with E-state index < -0.39 is 0 Å². The smallest absolute Gasteiger partial charge is 0.0810 e. The van der Waals surface area contributed by atoms with Gasteiger partial charge in [-0.05, 0) is 112 Å². The predicted octanol–water partition coefficient (Wildman–Crippen LogP) is 16.4. The van der Waals surface area contributed by atoms with Crippen LogP contribution in [0.4, 0.5) is 0 Å². The van der Waals surface area contributed by atoms with Crippen molar-refractivity contribution in [2.75, 3.05) is 0 Å². The number of hydrogen-bond donors (Lipinski definition) is 0. The van der Waals surface area contributed by atoms with E-state index in [0.717, 1.165) is 49.6 Å². The molecular formula is C60H36N2. The van der Waals surface area contributed by atoms with Crippen molar-refractivity contribution in [3.8, 4) is 44.6 Å². The number of hydrogen-bond acceptors (Lipinski definition) is 2. The van der Waals surface area contributed by atoms with Gasteiger partial charge >= 0.3 is 0 Å². The molecule has 0 aliphatic rings. The van der Waals surface area contributed by atoms with Crippen molar-refractivity contribution in [2.24, 2.45) is 0 Å². The Morgan fingerprint density at radius 3 is 1.52 bits per heavy atom. The minimum Gasteiger partial charge on any atom is -0.256 e. The topological polar surface area (TPSA) is 25.8 Å². The van der Waals surface area contributed by atoms with E-state index in [1.165, 1.54) is 81.5 Å². The number of fused-ring (bicyclic) bond motifs is 10. The third-order valence-electron chi connectivity index (χ3n) is 13.1. The van der Waals surface area contributed by atoms with Gasteiger partial charge in [-0.1, -0.05) is 188 Å². The molecule has 0 unspecified atom stereocenters. The van der Waals surface area contributed by atoms with E-state index in [4.69, 9.17) is 9.97 Å². The van der Waals surface area contributed by atoms with Gasteiger partial charge in [-0.3, -0.25) is 4.98 Å². The number of nitrogens with zero attached hydrogens (tertiary/aromatic N) is 2. The highest BCUT2D eigenvalue weighted by Crippen LogP contribution is 2.48. The van der Waals surface area contributed by atoms with Crippen molar-refractivity contribution < 1.29 is 0 Å². The first-order valence-electron chi connectivity index (χ1n) is 21.3. The summed E-state index contributed by atoms with van der Waals surface area (Å²) in [6.45, 7) is 0. The number of rotatable bonds is 4. The van der Waals surface area contributed by atoms with Gasteiger partial charge in [-0.25, -0.2) is 4.98 Å². The van der Waals surface area contributed by atoms with Crippen LogP contribution >= 0.6 is 0 Å². The maximum absolute atomic E-state index is 5.39. The Labute approximate surface area is 358 Å². The average molecular weight is 785 g/mol. The van der Waals surface area contributed by atoms with Gasteiger partial charge in [0.05, 0.1) is 16.7 Å². The van der Waals surface area contributed by atoms with Crippen molar-refractivity contribution >= 4 is 86.4 Å². The molecule has 0 amide bonds. The molecule has 2 heteroatoms. The summed E-state index contributed by atoms with van der Waals surface area (Å²) in [7, 11) is 0. The van der Waals surface area contributed by atoms with Crippen LogP contribution < -0.4 is 0 Å². The van der Waals surface area contributed by atoms with Crippen LogP contribution in [0.25, 0.3) is 131 Å². The van der Waals surface area contributed by atoms with Crippen LogP contribution in [0.5, 0.6) is 0 Å². The van der Waals surface area contributed by atoms with E-state index in [-0.39, 0.29) is 0 Å². The Hall–Kier alpha value is -8.20. The molecule has 0 atom stereocenters. The number of benzene rings is 11. The molecule has 286 valence electrons. The summed E-state index contributed by atoms with van der Waals surface area (Å²) in [5.74, 6) is 0. The highest BCUT2D eigenvalue weighted by atomic mass is 14.7. The summed E-state index contributed by atoms with van der Waals surface area (Å²) in [4.78, 5) is 10.5. The van der Waals surface area contributed by atoms with Gasteiger partial charge < -0.3 is 0 Å². The Bertz CT molecular complexity index is 3970. The van der Waals surface area contributed by atoms with Gasteiger partial charge in [0.15, 0.2) is 0 Å². The van der Waals surface area contributed by atoms with Crippen molar-refractivity contribution in [3.63, 3.8) is 0 Å². The van der Waals surface area contributed by atoms with E-state index in [9.17, 15) is 0 Å². The molecule has 2 nitrogen and oxygen atoms in total. The van der Waals surface area contributed by atoms with Crippen molar-refractivity contribution in [3.05, 3.63) is 219 Å². The van der Waals surface area contributed by atoms with E-state index in [0.29, 0.717) is 0 Å². The fraction of sp³-hybridized carbons (Fsp3) is 0. The normalized spacial score (nSPS) is 11.9. The average Bonchev–Trinajstić information content (AvgIpc) is 3.34. The van der Waals surface area contributed by atoms with Gasteiger partial charge in [0, 0.05) is 33.3 Å². The molecule has 0 N–H and O–H groups in total. The van der Waals surface area contributed by atoms with Crippen molar-refractivity contribution in [1.82, 2.24) is 9.97 Å². The predicted molar refractivity (Wildman–Crippen MR) is 264 cm³/mol. The molecule has 0 saturated carbocycles. The second kappa shape index (κ2) is 13.7. The first-order chi connectivity index (χ1) is 30.8. The van der Waals surface area contributed by atoms with Crippen LogP contribution in [-0.2, 0) is 0 Å². The Morgan fingerprint density at radius 1 is 0.290 bits per heavy atom. The summed E-state index contributed by atoms with van der Waals surface area (Å²) in [6, 6.07) is 77.5. The molecule has 0 saturated heterocycles. The molecule has 2 heterocycles. The van der Waals surface area contributed by atoms with E-state index in [1.54, 1.807) is 0 Å².